The standard InChI is InChI=1S/C19H27N5OS/c1-3-11-24-18(15-8-6-10-20-12-15)22-23-19(24)26-13-17(25)21-16-9-5-4-7-14(16)2/h6,8,10,12,14,16H,3-5,7,9,11,13H2,1-2H3,(H,21,25)/t14-,16+/m1/s1. The Labute approximate surface area is 159 Å². The van der Waals surface area contributed by atoms with Crippen molar-refractivity contribution in [3.8, 4) is 11.4 Å². The van der Waals surface area contributed by atoms with Gasteiger partial charge in [0.15, 0.2) is 11.0 Å². The summed E-state index contributed by atoms with van der Waals surface area (Å²) in [7, 11) is 0. The van der Waals surface area contributed by atoms with Crippen LogP contribution in [-0.4, -0.2) is 37.5 Å². The number of thioether (sulfide) groups is 1. The molecule has 2 aromatic rings. The molecule has 1 aliphatic rings. The fourth-order valence-electron chi connectivity index (χ4n) is 3.44. The summed E-state index contributed by atoms with van der Waals surface area (Å²) in [5.74, 6) is 1.84. The smallest absolute Gasteiger partial charge is 0.230 e. The third kappa shape index (κ3) is 4.63. The van der Waals surface area contributed by atoms with Crippen LogP contribution >= 0.6 is 11.8 Å². The van der Waals surface area contributed by atoms with E-state index in [0.717, 1.165) is 35.9 Å². The molecule has 0 saturated heterocycles. The highest BCUT2D eigenvalue weighted by atomic mass is 32.2. The second-order valence-electron chi connectivity index (χ2n) is 6.92. The molecular weight excluding hydrogens is 346 g/mol. The fraction of sp³-hybridized carbons (Fsp3) is 0.579. The predicted molar refractivity (Wildman–Crippen MR) is 104 cm³/mol. The summed E-state index contributed by atoms with van der Waals surface area (Å²) in [6, 6.07) is 4.19. The van der Waals surface area contributed by atoms with E-state index in [1.807, 2.05) is 12.1 Å². The molecule has 0 unspecified atom stereocenters. The first-order valence-electron chi connectivity index (χ1n) is 9.44. The number of aromatic nitrogens is 4. The molecule has 7 heteroatoms. The van der Waals surface area contributed by atoms with E-state index in [-0.39, 0.29) is 5.91 Å². The van der Waals surface area contributed by atoms with Crippen LogP contribution in [0.2, 0.25) is 0 Å². The van der Waals surface area contributed by atoms with Crippen molar-refractivity contribution in [3.05, 3.63) is 24.5 Å². The first-order chi connectivity index (χ1) is 12.7. The van der Waals surface area contributed by atoms with Gasteiger partial charge in [0, 0.05) is 30.5 Å². The SMILES string of the molecule is CCCn1c(SCC(=O)N[C@H]2CCCC[C@H]2C)nnc1-c1cccnc1. The summed E-state index contributed by atoms with van der Waals surface area (Å²) in [5.41, 5.74) is 0.945. The molecular formula is C19H27N5OS. The molecule has 0 spiro atoms. The first-order valence-corrected chi connectivity index (χ1v) is 10.4. The highest BCUT2D eigenvalue weighted by molar-refractivity contribution is 7.99. The molecule has 1 amide bonds. The maximum Gasteiger partial charge on any atom is 0.230 e. The highest BCUT2D eigenvalue weighted by Crippen LogP contribution is 2.25. The van der Waals surface area contributed by atoms with Crippen molar-refractivity contribution in [2.45, 2.75) is 63.7 Å². The zero-order chi connectivity index (χ0) is 18.4. The molecule has 140 valence electrons. The van der Waals surface area contributed by atoms with Gasteiger partial charge in [-0.1, -0.05) is 38.5 Å². The van der Waals surface area contributed by atoms with E-state index in [9.17, 15) is 4.79 Å². The molecule has 2 heterocycles. The zero-order valence-corrected chi connectivity index (χ0v) is 16.3. The van der Waals surface area contributed by atoms with E-state index in [4.69, 9.17) is 0 Å². The van der Waals surface area contributed by atoms with Crippen LogP contribution in [0.25, 0.3) is 11.4 Å². The van der Waals surface area contributed by atoms with Gasteiger partial charge >= 0.3 is 0 Å². The van der Waals surface area contributed by atoms with Crippen LogP contribution < -0.4 is 5.32 Å². The van der Waals surface area contributed by atoms with Crippen molar-refractivity contribution < 1.29 is 4.79 Å². The lowest BCUT2D eigenvalue weighted by Crippen LogP contribution is -2.41. The second kappa shape index (κ2) is 9.16. The molecule has 1 aliphatic carbocycles. The Morgan fingerprint density at radius 1 is 1.35 bits per heavy atom. The fourth-order valence-corrected chi connectivity index (χ4v) is 4.21. The number of nitrogens with one attached hydrogen (secondary N) is 1. The van der Waals surface area contributed by atoms with Gasteiger partial charge in [-0.25, -0.2) is 0 Å². The highest BCUT2D eigenvalue weighted by Gasteiger charge is 2.23. The summed E-state index contributed by atoms with van der Waals surface area (Å²) < 4.78 is 2.08. The van der Waals surface area contributed by atoms with Gasteiger partial charge in [-0.3, -0.25) is 9.78 Å². The number of carbonyl (C=O) groups is 1. The van der Waals surface area contributed by atoms with E-state index in [1.54, 1.807) is 12.4 Å². The Kier molecular flexibility index (Phi) is 6.66. The minimum Gasteiger partial charge on any atom is -0.352 e. The van der Waals surface area contributed by atoms with E-state index in [1.165, 1.54) is 31.0 Å². The summed E-state index contributed by atoms with van der Waals surface area (Å²) in [6.45, 7) is 5.18. The van der Waals surface area contributed by atoms with E-state index in [0.29, 0.717) is 17.7 Å². The minimum atomic E-state index is 0.0859. The molecule has 0 radical (unpaired) electrons. The third-order valence-corrected chi connectivity index (χ3v) is 5.84. The van der Waals surface area contributed by atoms with Gasteiger partial charge in [0.05, 0.1) is 5.75 Å². The van der Waals surface area contributed by atoms with Crippen molar-refractivity contribution in [1.29, 1.82) is 0 Å². The topological polar surface area (TPSA) is 72.7 Å². The molecule has 0 bridgehead atoms. The lowest BCUT2D eigenvalue weighted by atomic mass is 9.86. The molecule has 1 N–H and O–H groups in total. The Balaban J connectivity index is 1.64. The Bertz CT molecular complexity index is 718. The average molecular weight is 374 g/mol. The van der Waals surface area contributed by atoms with Gasteiger partial charge in [0.1, 0.15) is 0 Å². The van der Waals surface area contributed by atoms with E-state index >= 15 is 0 Å². The van der Waals surface area contributed by atoms with Crippen LogP contribution in [0.15, 0.2) is 29.7 Å². The Hall–Kier alpha value is -1.89. The van der Waals surface area contributed by atoms with Crippen molar-refractivity contribution in [3.63, 3.8) is 0 Å². The van der Waals surface area contributed by atoms with Gasteiger partial charge in [-0.05, 0) is 37.3 Å². The number of hydrogen-bond acceptors (Lipinski definition) is 5. The summed E-state index contributed by atoms with van der Waals surface area (Å²) in [5, 5.41) is 12.6. The maximum atomic E-state index is 12.4. The molecule has 2 atom stereocenters. The van der Waals surface area contributed by atoms with Gasteiger partial charge < -0.3 is 9.88 Å². The Morgan fingerprint density at radius 2 is 2.19 bits per heavy atom. The van der Waals surface area contributed by atoms with Gasteiger partial charge in [0.25, 0.3) is 0 Å². The number of nitrogens with zero attached hydrogens (tertiary/aromatic N) is 4. The van der Waals surface area contributed by atoms with Crippen LogP contribution in [0.4, 0.5) is 0 Å². The number of hydrogen-bond donors (Lipinski definition) is 1. The van der Waals surface area contributed by atoms with Crippen molar-refractivity contribution in [1.82, 2.24) is 25.1 Å². The second-order valence-corrected chi connectivity index (χ2v) is 7.87. The minimum absolute atomic E-state index is 0.0859. The number of pyridine rings is 1. The van der Waals surface area contributed by atoms with Crippen molar-refractivity contribution in [2.24, 2.45) is 5.92 Å². The third-order valence-electron chi connectivity index (χ3n) is 4.87. The largest absolute Gasteiger partial charge is 0.352 e. The Morgan fingerprint density at radius 3 is 2.92 bits per heavy atom. The van der Waals surface area contributed by atoms with Crippen molar-refractivity contribution >= 4 is 17.7 Å². The predicted octanol–water partition coefficient (Wildman–Crippen LogP) is 3.54. The van der Waals surface area contributed by atoms with Crippen LogP contribution in [0, 0.1) is 5.92 Å². The number of amides is 1. The summed E-state index contributed by atoms with van der Waals surface area (Å²) in [4.78, 5) is 16.5. The molecule has 2 aromatic heterocycles. The van der Waals surface area contributed by atoms with Crippen LogP contribution in [0.5, 0.6) is 0 Å². The van der Waals surface area contributed by atoms with Gasteiger partial charge in [-0.2, -0.15) is 0 Å². The van der Waals surface area contributed by atoms with Gasteiger partial charge in [0.2, 0.25) is 5.91 Å². The molecule has 6 nitrogen and oxygen atoms in total. The summed E-state index contributed by atoms with van der Waals surface area (Å²) >= 11 is 1.46. The van der Waals surface area contributed by atoms with Crippen LogP contribution in [-0.2, 0) is 11.3 Å². The number of carbonyl (C=O) groups excluding carboxylic acids is 1. The molecule has 0 aliphatic heterocycles. The summed E-state index contributed by atoms with van der Waals surface area (Å²) in [6.07, 6.45) is 9.30. The zero-order valence-electron chi connectivity index (χ0n) is 15.5. The molecule has 3 rings (SSSR count). The molecule has 1 saturated carbocycles. The maximum absolute atomic E-state index is 12.4. The molecule has 0 aromatic carbocycles. The van der Waals surface area contributed by atoms with Crippen LogP contribution in [0.3, 0.4) is 0 Å². The lowest BCUT2D eigenvalue weighted by Gasteiger charge is -2.29. The van der Waals surface area contributed by atoms with Crippen LogP contribution in [0.1, 0.15) is 46.0 Å². The van der Waals surface area contributed by atoms with E-state index < -0.39 is 0 Å². The van der Waals surface area contributed by atoms with Gasteiger partial charge in [-0.15, -0.1) is 10.2 Å². The molecule has 1 fully saturated rings. The monoisotopic (exact) mass is 373 g/mol. The number of rotatable bonds is 7. The average Bonchev–Trinajstić information content (AvgIpc) is 3.06. The van der Waals surface area contributed by atoms with Crippen molar-refractivity contribution in [2.75, 3.05) is 5.75 Å². The normalized spacial score (nSPS) is 20.1. The molecule has 26 heavy (non-hydrogen) atoms. The lowest BCUT2D eigenvalue weighted by molar-refractivity contribution is -0.119. The first kappa shape index (κ1) is 18.9. The van der Waals surface area contributed by atoms with E-state index in [2.05, 4.69) is 38.9 Å². The quantitative estimate of drug-likeness (QED) is 0.752.